The zero-order chi connectivity index (χ0) is 15.7. The van der Waals surface area contributed by atoms with Gasteiger partial charge in [0.1, 0.15) is 15.7 Å². The zero-order valence-corrected chi connectivity index (χ0v) is 12.8. The van der Waals surface area contributed by atoms with E-state index in [1.54, 1.807) is 0 Å². The highest BCUT2D eigenvalue weighted by Crippen LogP contribution is 2.20. The summed E-state index contributed by atoms with van der Waals surface area (Å²) in [5.74, 6) is -0.870. The first-order valence-corrected chi connectivity index (χ1v) is 9.66. The summed E-state index contributed by atoms with van der Waals surface area (Å²) >= 11 is 0. The molecule has 0 aromatic heterocycles. The molecule has 6 nitrogen and oxygen atoms in total. The van der Waals surface area contributed by atoms with Crippen LogP contribution in [0.1, 0.15) is 18.4 Å². The summed E-state index contributed by atoms with van der Waals surface area (Å²) in [6.45, 7) is -0.532. The molecule has 0 aliphatic carbocycles. The Bertz CT molecular complexity index is 716. The number of halogens is 1. The Labute approximate surface area is 123 Å². The molecule has 1 aliphatic rings. The van der Waals surface area contributed by atoms with E-state index in [9.17, 15) is 21.2 Å². The Morgan fingerprint density at radius 3 is 2.48 bits per heavy atom. The molecule has 1 heterocycles. The predicted octanol–water partition coefficient (Wildman–Crippen LogP) is 0.173. The number of aliphatic hydroxyl groups excluding tert-OH is 1. The third-order valence-corrected chi connectivity index (χ3v) is 6.68. The van der Waals surface area contributed by atoms with Gasteiger partial charge in [-0.15, -0.1) is 0 Å². The van der Waals surface area contributed by atoms with E-state index in [0.29, 0.717) is 0 Å². The fourth-order valence-corrected chi connectivity index (χ4v) is 5.24. The summed E-state index contributed by atoms with van der Waals surface area (Å²) in [7, 11) is -7.10. The molecule has 21 heavy (non-hydrogen) atoms. The second kappa shape index (κ2) is 5.99. The number of benzene rings is 1. The van der Waals surface area contributed by atoms with Gasteiger partial charge in [0.25, 0.3) is 0 Å². The Balaban J connectivity index is 2.21. The van der Waals surface area contributed by atoms with Crippen LogP contribution in [0.25, 0.3) is 0 Å². The first-order chi connectivity index (χ1) is 9.73. The standard InChI is InChI=1S/C12H16FNO5S2/c13-10-2-1-9(8-15)12(7-10)21(18,19)14-11-3-5-20(16,17)6-4-11/h1-2,7,11,14-15H,3-6,8H2. The number of aliphatic hydroxyl groups is 1. The summed E-state index contributed by atoms with van der Waals surface area (Å²) in [6.07, 6.45) is 0.372. The van der Waals surface area contributed by atoms with Gasteiger partial charge in [-0.2, -0.15) is 0 Å². The predicted molar refractivity (Wildman–Crippen MR) is 74.3 cm³/mol. The van der Waals surface area contributed by atoms with Gasteiger partial charge in [-0.1, -0.05) is 6.07 Å². The lowest BCUT2D eigenvalue weighted by atomic mass is 10.2. The lowest BCUT2D eigenvalue weighted by Gasteiger charge is -2.23. The van der Waals surface area contributed by atoms with Gasteiger partial charge in [0.05, 0.1) is 23.0 Å². The maximum Gasteiger partial charge on any atom is 0.241 e. The minimum atomic E-state index is -4.01. The molecule has 2 N–H and O–H groups in total. The van der Waals surface area contributed by atoms with E-state index in [1.165, 1.54) is 6.07 Å². The van der Waals surface area contributed by atoms with Crippen molar-refractivity contribution in [2.45, 2.75) is 30.4 Å². The molecule has 0 radical (unpaired) electrons. The van der Waals surface area contributed by atoms with Crippen LogP contribution < -0.4 is 4.72 Å². The maximum absolute atomic E-state index is 13.2. The molecular formula is C12H16FNO5S2. The van der Waals surface area contributed by atoms with Crippen LogP contribution in [0.2, 0.25) is 0 Å². The molecule has 0 atom stereocenters. The van der Waals surface area contributed by atoms with E-state index in [4.69, 9.17) is 5.11 Å². The average Bonchev–Trinajstić information content (AvgIpc) is 2.41. The molecule has 0 unspecified atom stereocenters. The summed E-state index contributed by atoms with van der Waals surface area (Å²) in [6, 6.07) is 2.61. The third-order valence-electron chi connectivity index (χ3n) is 3.37. The Morgan fingerprint density at radius 1 is 1.29 bits per heavy atom. The molecule has 2 rings (SSSR count). The van der Waals surface area contributed by atoms with Crippen molar-refractivity contribution in [3.63, 3.8) is 0 Å². The van der Waals surface area contributed by atoms with Gasteiger partial charge in [-0.25, -0.2) is 25.9 Å². The summed E-state index contributed by atoms with van der Waals surface area (Å²) in [5, 5.41) is 9.15. The van der Waals surface area contributed by atoms with Crippen LogP contribution in [-0.4, -0.2) is 39.5 Å². The number of sulfonamides is 1. The van der Waals surface area contributed by atoms with E-state index >= 15 is 0 Å². The molecule has 0 bridgehead atoms. The smallest absolute Gasteiger partial charge is 0.241 e. The van der Waals surface area contributed by atoms with Gasteiger partial charge >= 0.3 is 0 Å². The fraction of sp³-hybridized carbons (Fsp3) is 0.500. The van der Waals surface area contributed by atoms with Crippen LogP contribution in [0, 0.1) is 5.82 Å². The normalized spacial score (nSPS) is 19.5. The Kier molecular flexibility index (Phi) is 4.66. The summed E-state index contributed by atoms with van der Waals surface area (Å²) in [5.41, 5.74) is 0.0901. The van der Waals surface area contributed by atoms with Gasteiger partial charge in [-0.05, 0) is 30.5 Å². The second-order valence-corrected chi connectivity index (χ2v) is 8.94. The monoisotopic (exact) mass is 337 g/mol. The lowest BCUT2D eigenvalue weighted by Crippen LogP contribution is -2.41. The van der Waals surface area contributed by atoms with Crippen molar-refractivity contribution in [3.05, 3.63) is 29.6 Å². The number of nitrogens with one attached hydrogen (secondary N) is 1. The van der Waals surface area contributed by atoms with E-state index in [1.807, 2.05) is 0 Å². The van der Waals surface area contributed by atoms with Crippen LogP contribution >= 0.6 is 0 Å². The van der Waals surface area contributed by atoms with Crippen molar-refractivity contribution < 1.29 is 26.3 Å². The van der Waals surface area contributed by atoms with Gasteiger partial charge in [-0.3, -0.25) is 0 Å². The average molecular weight is 337 g/mol. The quantitative estimate of drug-likeness (QED) is 0.816. The third kappa shape index (κ3) is 4.00. The van der Waals surface area contributed by atoms with Gasteiger partial charge < -0.3 is 5.11 Å². The molecule has 1 fully saturated rings. The van der Waals surface area contributed by atoms with Crippen LogP contribution in [0.4, 0.5) is 4.39 Å². The minimum absolute atomic E-state index is 0.0732. The van der Waals surface area contributed by atoms with Crippen LogP contribution in [-0.2, 0) is 26.5 Å². The Morgan fingerprint density at radius 2 is 1.90 bits per heavy atom. The molecule has 1 saturated heterocycles. The minimum Gasteiger partial charge on any atom is -0.392 e. The summed E-state index contributed by atoms with van der Waals surface area (Å²) in [4.78, 5) is -0.321. The number of rotatable bonds is 4. The highest BCUT2D eigenvalue weighted by Gasteiger charge is 2.28. The van der Waals surface area contributed by atoms with Gasteiger partial charge in [0.15, 0.2) is 0 Å². The second-order valence-electron chi connectivity index (χ2n) is 4.96. The van der Waals surface area contributed by atoms with Crippen molar-refractivity contribution >= 4 is 19.9 Å². The Hall–Kier alpha value is -1.03. The number of hydrogen-bond donors (Lipinski definition) is 2. The van der Waals surface area contributed by atoms with Crippen molar-refractivity contribution in [2.75, 3.05) is 11.5 Å². The first-order valence-electron chi connectivity index (χ1n) is 6.35. The SMILES string of the molecule is O=S1(=O)CCC(NS(=O)(=O)c2cc(F)ccc2CO)CC1. The highest BCUT2D eigenvalue weighted by atomic mass is 32.2. The number of hydrogen-bond acceptors (Lipinski definition) is 5. The molecule has 118 valence electrons. The van der Waals surface area contributed by atoms with E-state index in [0.717, 1.165) is 12.1 Å². The number of sulfone groups is 1. The molecule has 0 amide bonds. The molecule has 9 heteroatoms. The van der Waals surface area contributed by atoms with Crippen LogP contribution in [0.15, 0.2) is 23.1 Å². The maximum atomic E-state index is 13.2. The fourth-order valence-electron chi connectivity index (χ4n) is 2.20. The highest BCUT2D eigenvalue weighted by molar-refractivity contribution is 7.91. The van der Waals surface area contributed by atoms with Crippen molar-refractivity contribution in [1.82, 2.24) is 4.72 Å². The van der Waals surface area contributed by atoms with Crippen LogP contribution in [0.5, 0.6) is 0 Å². The topological polar surface area (TPSA) is 101 Å². The zero-order valence-electron chi connectivity index (χ0n) is 11.1. The van der Waals surface area contributed by atoms with Gasteiger partial charge in [0.2, 0.25) is 10.0 Å². The van der Waals surface area contributed by atoms with Crippen molar-refractivity contribution in [2.24, 2.45) is 0 Å². The van der Waals surface area contributed by atoms with Crippen LogP contribution in [0.3, 0.4) is 0 Å². The van der Waals surface area contributed by atoms with Gasteiger partial charge in [0, 0.05) is 6.04 Å². The molecule has 0 spiro atoms. The first kappa shape index (κ1) is 16.3. The molecule has 0 saturated carbocycles. The van der Waals surface area contributed by atoms with Crippen molar-refractivity contribution in [1.29, 1.82) is 0 Å². The lowest BCUT2D eigenvalue weighted by molar-refractivity contribution is 0.278. The molecule has 1 aromatic carbocycles. The van der Waals surface area contributed by atoms with E-state index < -0.39 is 38.3 Å². The van der Waals surface area contributed by atoms with E-state index in [-0.39, 0.29) is 34.8 Å². The largest absolute Gasteiger partial charge is 0.392 e. The molecule has 1 aliphatic heterocycles. The molecular weight excluding hydrogens is 321 g/mol. The van der Waals surface area contributed by atoms with E-state index in [2.05, 4.69) is 4.72 Å². The summed E-state index contributed by atoms with van der Waals surface area (Å²) < 4.78 is 62.8. The molecule has 1 aromatic rings. The van der Waals surface area contributed by atoms with Crippen molar-refractivity contribution in [3.8, 4) is 0 Å².